The Morgan fingerprint density at radius 2 is 1.79 bits per heavy atom. The number of carboxylic acids is 1. The maximum Gasteiger partial charge on any atom is 1.00 e. The third kappa shape index (κ3) is 5.35. The van der Waals surface area contributed by atoms with Crippen LogP contribution < -0.4 is 40.0 Å². The van der Waals surface area contributed by atoms with Gasteiger partial charge in [0.25, 0.3) is 0 Å². The van der Waals surface area contributed by atoms with Crippen molar-refractivity contribution in [3.63, 3.8) is 0 Å². The van der Waals surface area contributed by atoms with Gasteiger partial charge in [-0.2, -0.15) is 0 Å². The van der Waals surface area contributed by atoms with Gasteiger partial charge < -0.3 is 15.2 Å². The van der Waals surface area contributed by atoms with Crippen LogP contribution in [0.25, 0.3) is 0 Å². The Hall–Kier alpha value is 0.430. The fraction of sp³-hybridized carbons (Fsp3) is 0.900. The molecule has 1 rings (SSSR count). The molecule has 0 saturated heterocycles. The molecule has 0 bridgehead atoms. The van der Waals surface area contributed by atoms with Crippen LogP contribution in [0, 0.1) is 0 Å². The average Bonchev–Trinajstić information content (AvgIpc) is 2.32. The van der Waals surface area contributed by atoms with Crippen molar-refractivity contribution in [1.29, 1.82) is 0 Å². The summed E-state index contributed by atoms with van der Waals surface area (Å²) in [5, 5.41) is 13.6. The van der Waals surface area contributed by atoms with Gasteiger partial charge in [-0.25, -0.2) is 0 Å². The van der Waals surface area contributed by atoms with Crippen molar-refractivity contribution in [3.05, 3.63) is 0 Å². The van der Waals surface area contributed by atoms with E-state index in [9.17, 15) is 9.90 Å². The number of carbonyl (C=O) groups is 1. The normalized spacial score (nSPS) is 20.6. The quantitative estimate of drug-likeness (QED) is 0.409. The van der Waals surface area contributed by atoms with Crippen molar-refractivity contribution in [3.8, 4) is 0 Å². The van der Waals surface area contributed by atoms with E-state index >= 15 is 0 Å². The smallest absolute Gasteiger partial charge is 0.548 e. The molecule has 76 valence electrons. The first-order valence-electron chi connectivity index (χ1n) is 5.17. The van der Waals surface area contributed by atoms with Crippen molar-refractivity contribution in [2.75, 3.05) is 0 Å². The van der Waals surface area contributed by atoms with Gasteiger partial charge in [0.1, 0.15) is 0 Å². The zero-order chi connectivity index (χ0) is 9.68. The molecule has 4 heteroatoms. The third-order valence-corrected chi connectivity index (χ3v) is 2.69. The Morgan fingerprint density at radius 1 is 1.29 bits per heavy atom. The summed E-state index contributed by atoms with van der Waals surface area (Å²) in [6.45, 7) is 1.65. The summed E-state index contributed by atoms with van der Waals surface area (Å²) >= 11 is 0. The Labute approximate surface area is 108 Å². The van der Waals surface area contributed by atoms with E-state index in [1.54, 1.807) is 6.92 Å². The van der Waals surface area contributed by atoms with Crippen LogP contribution in [0.15, 0.2) is 0 Å². The maximum absolute atomic E-state index is 10.5. The van der Waals surface area contributed by atoms with Crippen LogP contribution in [0.5, 0.6) is 0 Å². The number of hydrogen-bond acceptors (Lipinski definition) is 3. The summed E-state index contributed by atoms with van der Waals surface area (Å²) in [5.74, 6) is -0.996. The molecule has 1 saturated carbocycles. The van der Waals surface area contributed by atoms with E-state index in [4.69, 9.17) is 0 Å². The van der Waals surface area contributed by atoms with E-state index in [-0.39, 0.29) is 29.6 Å². The molecule has 1 unspecified atom stereocenters. The summed E-state index contributed by atoms with van der Waals surface area (Å²) < 4.78 is 0. The number of carbonyl (C=O) groups excluding carboxylic acids is 1. The van der Waals surface area contributed by atoms with Crippen molar-refractivity contribution >= 4 is 5.97 Å². The molecular formula is C10H18NNaO2. The minimum absolute atomic E-state index is 0. The predicted molar refractivity (Wildman–Crippen MR) is 49.1 cm³/mol. The van der Waals surface area contributed by atoms with Crippen LogP contribution in [-0.2, 0) is 4.79 Å². The van der Waals surface area contributed by atoms with Crippen molar-refractivity contribution in [1.82, 2.24) is 5.32 Å². The molecule has 1 aliphatic rings. The van der Waals surface area contributed by atoms with Crippen LogP contribution in [0.1, 0.15) is 45.4 Å². The largest absolute Gasteiger partial charge is 1.00 e. The van der Waals surface area contributed by atoms with Gasteiger partial charge >= 0.3 is 29.6 Å². The van der Waals surface area contributed by atoms with Crippen molar-refractivity contribution in [2.24, 2.45) is 0 Å². The molecule has 14 heavy (non-hydrogen) atoms. The fourth-order valence-corrected chi connectivity index (χ4v) is 1.87. The van der Waals surface area contributed by atoms with Crippen LogP contribution in [0.2, 0.25) is 0 Å². The van der Waals surface area contributed by atoms with E-state index in [0.29, 0.717) is 6.04 Å². The van der Waals surface area contributed by atoms with Crippen LogP contribution in [-0.4, -0.2) is 18.1 Å². The molecule has 0 aromatic rings. The molecule has 0 spiro atoms. The number of rotatable bonds is 3. The minimum Gasteiger partial charge on any atom is -0.548 e. The first-order chi connectivity index (χ1) is 6.20. The van der Waals surface area contributed by atoms with E-state index in [2.05, 4.69) is 5.32 Å². The monoisotopic (exact) mass is 207 g/mol. The molecule has 1 fully saturated rings. The Balaban J connectivity index is 0.00000169. The SMILES string of the molecule is CC(NC1CCCCCC1)C(=O)[O-].[Na+]. The molecule has 0 heterocycles. The second kappa shape index (κ2) is 7.69. The average molecular weight is 207 g/mol. The molecule has 0 amide bonds. The molecule has 0 aromatic heterocycles. The Kier molecular flexibility index (Phi) is 7.92. The van der Waals surface area contributed by atoms with Gasteiger partial charge in [0.15, 0.2) is 0 Å². The molecule has 1 aliphatic carbocycles. The molecule has 1 N–H and O–H groups in total. The van der Waals surface area contributed by atoms with Crippen LogP contribution >= 0.6 is 0 Å². The van der Waals surface area contributed by atoms with Gasteiger partial charge in [-0.3, -0.25) is 0 Å². The van der Waals surface area contributed by atoms with E-state index < -0.39 is 12.0 Å². The second-order valence-corrected chi connectivity index (χ2v) is 3.90. The van der Waals surface area contributed by atoms with E-state index in [1.807, 2.05) is 0 Å². The van der Waals surface area contributed by atoms with E-state index in [1.165, 1.54) is 25.7 Å². The van der Waals surface area contributed by atoms with Crippen LogP contribution in [0.3, 0.4) is 0 Å². The van der Waals surface area contributed by atoms with Gasteiger partial charge in [-0.05, 0) is 19.8 Å². The molecule has 3 nitrogen and oxygen atoms in total. The number of carboxylic acid groups (broad SMARTS) is 1. The van der Waals surface area contributed by atoms with Gasteiger partial charge in [0.05, 0.1) is 5.97 Å². The summed E-state index contributed by atoms with van der Waals surface area (Å²) in [5.41, 5.74) is 0. The third-order valence-electron chi connectivity index (χ3n) is 2.69. The van der Waals surface area contributed by atoms with E-state index in [0.717, 1.165) is 12.8 Å². The minimum atomic E-state index is -0.996. The predicted octanol–water partition coefficient (Wildman–Crippen LogP) is -2.56. The molecule has 0 aliphatic heterocycles. The van der Waals surface area contributed by atoms with Gasteiger partial charge in [-0.15, -0.1) is 0 Å². The molecular weight excluding hydrogens is 189 g/mol. The zero-order valence-electron chi connectivity index (χ0n) is 9.21. The number of aliphatic carboxylic acids is 1. The number of hydrogen-bond donors (Lipinski definition) is 1. The summed E-state index contributed by atoms with van der Waals surface area (Å²) in [6, 6.07) is -0.126. The summed E-state index contributed by atoms with van der Waals surface area (Å²) in [6.07, 6.45) is 7.24. The molecule has 0 radical (unpaired) electrons. The number of nitrogens with one attached hydrogen (secondary N) is 1. The molecule has 1 atom stereocenters. The zero-order valence-corrected chi connectivity index (χ0v) is 11.2. The summed E-state index contributed by atoms with van der Waals surface area (Å²) in [4.78, 5) is 10.5. The van der Waals surface area contributed by atoms with Crippen molar-refractivity contribution < 1.29 is 39.5 Å². The standard InChI is InChI=1S/C10H19NO2.Na/c1-8(10(12)13)11-9-6-4-2-3-5-7-9;/h8-9,11H,2-7H2,1H3,(H,12,13);/q;+1/p-1. The molecule has 0 aromatic carbocycles. The second-order valence-electron chi connectivity index (χ2n) is 3.90. The van der Waals surface area contributed by atoms with Gasteiger partial charge in [-0.1, -0.05) is 25.7 Å². The Bertz CT molecular complexity index is 168. The van der Waals surface area contributed by atoms with Crippen molar-refractivity contribution in [2.45, 2.75) is 57.5 Å². The first-order valence-corrected chi connectivity index (χ1v) is 5.17. The van der Waals surface area contributed by atoms with Gasteiger partial charge in [0, 0.05) is 12.1 Å². The fourth-order valence-electron chi connectivity index (χ4n) is 1.87. The van der Waals surface area contributed by atoms with Crippen LogP contribution in [0.4, 0.5) is 0 Å². The topological polar surface area (TPSA) is 52.2 Å². The van der Waals surface area contributed by atoms with Gasteiger partial charge in [0.2, 0.25) is 0 Å². The Morgan fingerprint density at radius 3 is 2.21 bits per heavy atom. The maximum atomic E-state index is 10.5. The first kappa shape index (κ1) is 14.4. The summed E-state index contributed by atoms with van der Waals surface area (Å²) in [7, 11) is 0.